The summed E-state index contributed by atoms with van der Waals surface area (Å²) in [4.78, 5) is 4.61. The molecule has 1 aliphatic carbocycles. The van der Waals surface area contributed by atoms with Crippen molar-refractivity contribution in [2.45, 2.75) is 25.4 Å². The molecule has 2 nitrogen and oxygen atoms in total. The number of nitrogens with zero attached hydrogens (tertiary/aromatic N) is 1. The van der Waals surface area contributed by atoms with Crippen molar-refractivity contribution in [2.24, 2.45) is 0 Å². The van der Waals surface area contributed by atoms with Crippen LogP contribution in [0.5, 0.6) is 0 Å². The molecule has 3 heteroatoms. The monoisotopic (exact) mass is 235 g/mol. The van der Waals surface area contributed by atoms with E-state index in [1.54, 1.807) is 0 Å². The molecule has 1 unspecified atom stereocenters. The molecule has 0 radical (unpaired) electrons. The summed E-state index contributed by atoms with van der Waals surface area (Å²) in [5.74, 6) is 0. The molecular weight excluding hydrogens is 222 g/mol. The fourth-order valence-electron chi connectivity index (χ4n) is 2.28. The molecule has 1 heterocycles. The largest absolute Gasteiger partial charge is 0.388 e. The van der Waals surface area contributed by atoms with Crippen LogP contribution in [-0.2, 0) is 6.42 Å². The Morgan fingerprint density at radius 1 is 1.25 bits per heavy atom. The van der Waals surface area contributed by atoms with Gasteiger partial charge < -0.3 is 5.11 Å². The lowest BCUT2D eigenvalue weighted by atomic mass is 9.92. The van der Waals surface area contributed by atoms with Gasteiger partial charge >= 0.3 is 0 Å². The summed E-state index contributed by atoms with van der Waals surface area (Å²) in [6.45, 7) is 0. The summed E-state index contributed by atoms with van der Waals surface area (Å²) < 4.78 is 0. The molecule has 3 rings (SSSR count). The number of hydrogen-bond donors (Lipinski definition) is 1. The van der Waals surface area contributed by atoms with Crippen molar-refractivity contribution in [3.05, 3.63) is 41.6 Å². The van der Waals surface area contributed by atoms with Crippen LogP contribution >= 0.6 is 12.4 Å². The topological polar surface area (TPSA) is 33.1 Å². The first-order valence-electron chi connectivity index (χ1n) is 5.41. The number of aryl methyl sites for hydroxylation is 1. The number of pyridine rings is 1. The maximum Gasteiger partial charge on any atom is 0.0808 e. The predicted octanol–water partition coefficient (Wildman–Crippen LogP) is 3.03. The van der Waals surface area contributed by atoms with Gasteiger partial charge in [0.25, 0.3) is 0 Å². The first-order valence-corrected chi connectivity index (χ1v) is 5.41. The van der Waals surface area contributed by atoms with Crippen molar-refractivity contribution in [3.8, 4) is 0 Å². The molecule has 0 bridgehead atoms. The van der Waals surface area contributed by atoms with Crippen LogP contribution in [0.1, 0.15) is 30.2 Å². The second-order valence-electron chi connectivity index (χ2n) is 4.13. The summed E-state index contributed by atoms with van der Waals surface area (Å²) in [7, 11) is 0. The van der Waals surface area contributed by atoms with Crippen LogP contribution in [0.3, 0.4) is 0 Å². The van der Waals surface area contributed by atoms with E-state index in [-0.39, 0.29) is 18.5 Å². The summed E-state index contributed by atoms with van der Waals surface area (Å²) in [6, 6.07) is 10.2. The molecule has 0 saturated carbocycles. The van der Waals surface area contributed by atoms with E-state index in [9.17, 15) is 5.11 Å². The summed E-state index contributed by atoms with van der Waals surface area (Å²) in [5, 5.41) is 11.0. The normalized spacial score (nSPS) is 18.9. The minimum Gasteiger partial charge on any atom is -0.388 e. The Bertz CT molecular complexity index is 512. The van der Waals surface area contributed by atoms with E-state index in [1.165, 1.54) is 0 Å². The van der Waals surface area contributed by atoms with Gasteiger partial charge in [-0.3, -0.25) is 4.98 Å². The standard InChI is InChI=1S/C13H13NO.ClH/c15-13-7-3-6-12-10(13)8-9-4-1-2-5-11(9)14-12;/h1-2,4-5,8,13,15H,3,6-7H2;1H. The third-order valence-electron chi connectivity index (χ3n) is 3.09. The van der Waals surface area contributed by atoms with Crippen molar-refractivity contribution in [2.75, 3.05) is 0 Å². The molecule has 1 N–H and O–H groups in total. The van der Waals surface area contributed by atoms with Crippen molar-refractivity contribution in [1.82, 2.24) is 4.98 Å². The second kappa shape index (κ2) is 4.40. The van der Waals surface area contributed by atoms with Crippen LogP contribution in [0.25, 0.3) is 10.9 Å². The third kappa shape index (κ3) is 1.79. The highest BCUT2D eigenvalue weighted by Gasteiger charge is 2.19. The maximum atomic E-state index is 9.88. The van der Waals surface area contributed by atoms with Gasteiger partial charge in [0.1, 0.15) is 0 Å². The number of rotatable bonds is 0. The molecule has 0 aliphatic heterocycles. The van der Waals surface area contributed by atoms with Gasteiger partial charge in [0.15, 0.2) is 0 Å². The van der Waals surface area contributed by atoms with E-state index in [0.717, 1.165) is 41.4 Å². The van der Waals surface area contributed by atoms with Crippen molar-refractivity contribution < 1.29 is 5.11 Å². The van der Waals surface area contributed by atoms with Crippen LogP contribution in [0, 0.1) is 0 Å². The van der Waals surface area contributed by atoms with Gasteiger partial charge in [-0.1, -0.05) is 18.2 Å². The number of aromatic nitrogens is 1. The Morgan fingerprint density at radius 3 is 2.94 bits per heavy atom. The van der Waals surface area contributed by atoms with Gasteiger partial charge in [-0.05, 0) is 31.4 Å². The Labute approximate surface area is 101 Å². The molecular formula is C13H14ClNO. The number of fused-ring (bicyclic) bond motifs is 2. The molecule has 84 valence electrons. The Balaban J connectivity index is 0.000000963. The molecule has 0 fully saturated rings. The zero-order chi connectivity index (χ0) is 10.3. The fraction of sp³-hybridized carbons (Fsp3) is 0.308. The van der Waals surface area contributed by atoms with Gasteiger partial charge in [-0.15, -0.1) is 12.4 Å². The van der Waals surface area contributed by atoms with E-state index < -0.39 is 0 Å². The summed E-state index contributed by atoms with van der Waals surface area (Å²) in [6.07, 6.45) is 2.59. The Morgan fingerprint density at radius 2 is 2.06 bits per heavy atom. The lowest BCUT2D eigenvalue weighted by Gasteiger charge is -2.20. The zero-order valence-corrected chi connectivity index (χ0v) is 9.70. The van der Waals surface area contributed by atoms with E-state index in [2.05, 4.69) is 11.1 Å². The first kappa shape index (κ1) is 11.4. The molecule has 0 spiro atoms. The van der Waals surface area contributed by atoms with Crippen LogP contribution < -0.4 is 0 Å². The Hall–Kier alpha value is -1.12. The molecule has 1 aliphatic rings. The molecule has 1 aromatic carbocycles. The smallest absolute Gasteiger partial charge is 0.0808 e. The van der Waals surface area contributed by atoms with Crippen molar-refractivity contribution >= 4 is 23.3 Å². The maximum absolute atomic E-state index is 9.88. The average Bonchev–Trinajstić information content (AvgIpc) is 2.27. The highest BCUT2D eigenvalue weighted by molar-refractivity contribution is 5.85. The van der Waals surface area contributed by atoms with Crippen LogP contribution in [0.15, 0.2) is 30.3 Å². The molecule has 1 aromatic heterocycles. The zero-order valence-electron chi connectivity index (χ0n) is 8.89. The number of benzene rings is 1. The highest BCUT2D eigenvalue weighted by Crippen LogP contribution is 2.30. The molecule has 0 saturated heterocycles. The average molecular weight is 236 g/mol. The predicted molar refractivity (Wildman–Crippen MR) is 66.9 cm³/mol. The molecule has 1 atom stereocenters. The van der Waals surface area contributed by atoms with Gasteiger partial charge in [0.2, 0.25) is 0 Å². The van der Waals surface area contributed by atoms with E-state index >= 15 is 0 Å². The summed E-state index contributed by atoms with van der Waals surface area (Å²) in [5.41, 5.74) is 3.14. The fourth-order valence-corrected chi connectivity index (χ4v) is 2.28. The number of aliphatic hydroxyl groups is 1. The number of halogens is 1. The molecule has 16 heavy (non-hydrogen) atoms. The lowest BCUT2D eigenvalue weighted by molar-refractivity contribution is 0.156. The SMILES string of the molecule is Cl.OC1CCCc2nc3ccccc3cc21. The van der Waals surface area contributed by atoms with E-state index in [1.807, 2.05) is 24.3 Å². The number of aliphatic hydroxyl groups excluding tert-OH is 1. The van der Waals surface area contributed by atoms with Gasteiger partial charge in [-0.25, -0.2) is 0 Å². The minimum atomic E-state index is -0.314. The van der Waals surface area contributed by atoms with Crippen molar-refractivity contribution in [1.29, 1.82) is 0 Å². The van der Waals surface area contributed by atoms with E-state index in [0.29, 0.717) is 0 Å². The van der Waals surface area contributed by atoms with Gasteiger partial charge in [-0.2, -0.15) is 0 Å². The quantitative estimate of drug-likeness (QED) is 0.762. The van der Waals surface area contributed by atoms with Crippen LogP contribution in [0.4, 0.5) is 0 Å². The van der Waals surface area contributed by atoms with Crippen LogP contribution in [0.2, 0.25) is 0 Å². The Kier molecular flexibility index (Phi) is 3.13. The lowest BCUT2D eigenvalue weighted by Crippen LogP contribution is -2.10. The summed E-state index contributed by atoms with van der Waals surface area (Å²) >= 11 is 0. The van der Waals surface area contributed by atoms with Gasteiger partial charge in [0, 0.05) is 16.6 Å². The highest BCUT2D eigenvalue weighted by atomic mass is 35.5. The number of para-hydroxylation sites is 1. The molecule has 0 amide bonds. The second-order valence-corrected chi connectivity index (χ2v) is 4.13. The van der Waals surface area contributed by atoms with Gasteiger partial charge in [0.05, 0.1) is 11.6 Å². The minimum absolute atomic E-state index is 0. The van der Waals surface area contributed by atoms with Crippen LogP contribution in [-0.4, -0.2) is 10.1 Å². The van der Waals surface area contributed by atoms with E-state index in [4.69, 9.17) is 0 Å². The third-order valence-corrected chi connectivity index (χ3v) is 3.09. The number of hydrogen-bond acceptors (Lipinski definition) is 2. The molecule has 2 aromatic rings. The van der Waals surface area contributed by atoms with Crippen molar-refractivity contribution in [3.63, 3.8) is 0 Å². The first-order chi connectivity index (χ1) is 7.34.